The third-order valence-corrected chi connectivity index (χ3v) is 2.60. The molecule has 6 heteroatoms. The zero-order chi connectivity index (χ0) is 12.5. The maximum atomic E-state index is 13.1. The van der Waals surface area contributed by atoms with Crippen LogP contribution in [0.4, 0.5) is 17.6 Å². The first-order chi connectivity index (χ1) is 7.98. The van der Waals surface area contributed by atoms with Crippen LogP contribution in [0.2, 0.25) is 0 Å². The van der Waals surface area contributed by atoms with Crippen LogP contribution in [-0.2, 0) is 10.9 Å². The fourth-order valence-electron chi connectivity index (χ4n) is 1.74. The molecule has 0 spiro atoms. The van der Waals surface area contributed by atoms with Crippen LogP contribution in [0.1, 0.15) is 17.2 Å². The van der Waals surface area contributed by atoms with Crippen molar-refractivity contribution >= 4 is 0 Å². The zero-order valence-corrected chi connectivity index (χ0v) is 8.85. The Bertz CT molecular complexity index is 399. The minimum atomic E-state index is -4.68. The Labute approximate surface area is 95.6 Å². The van der Waals surface area contributed by atoms with Crippen molar-refractivity contribution in [3.63, 3.8) is 0 Å². The van der Waals surface area contributed by atoms with E-state index in [0.29, 0.717) is 25.3 Å². The minimum absolute atomic E-state index is 0.339. The summed E-state index contributed by atoms with van der Waals surface area (Å²) in [5.74, 6) is -1.26. The summed E-state index contributed by atoms with van der Waals surface area (Å²) >= 11 is 0. The van der Waals surface area contributed by atoms with Crippen molar-refractivity contribution in [1.29, 1.82) is 0 Å². The Morgan fingerprint density at radius 3 is 2.65 bits per heavy atom. The lowest BCUT2D eigenvalue weighted by Crippen LogP contribution is -2.33. The van der Waals surface area contributed by atoms with Gasteiger partial charge in [-0.05, 0) is 17.7 Å². The molecule has 1 unspecified atom stereocenters. The number of rotatable bonds is 1. The van der Waals surface area contributed by atoms with Crippen molar-refractivity contribution in [2.24, 2.45) is 0 Å². The van der Waals surface area contributed by atoms with E-state index in [1.165, 1.54) is 6.07 Å². The average molecular weight is 249 g/mol. The molecule has 1 aliphatic heterocycles. The van der Waals surface area contributed by atoms with Crippen LogP contribution in [-0.4, -0.2) is 19.7 Å². The second-order valence-electron chi connectivity index (χ2n) is 3.80. The molecule has 0 bridgehead atoms. The van der Waals surface area contributed by atoms with Gasteiger partial charge in [-0.1, -0.05) is 6.07 Å². The molecule has 1 N–H and O–H groups in total. The fraction of sp³-hybridized carbons (Fsp3) is 0.455. The maximum Gasteiger partial charge on any atom is 0.419 e. The smallest absolute Gasteiger partial charge is 0.371 e. The molecule has 1 saturated heterocycles. The van der Waals surface area contributed by atoms with Crippen LogP contribution < -0.4 is 5.32 Å². The van der Waals surface area contributed by atoms with Gasteiger partial charge in [0.1, 0.15) is 5.82 Å². The number of morpholine rings is 1. The van der Waals surface area contributed by atoms with E-state index in [9.17, 15) is 17.6 Å². The van der Waals surface area contributed by atoms with E-state index in [4.69, 9.17) is 4.74 Å². The number of halogens is 4. The molecule has 1 aliphatic rings. The molecule has 94 valence electrons. The van der Waals surface area contributed by atoms with Crippen LogP contribution in [0.5, 0.6) is 0 Å². The molecular weight excluding hydrogens is 238 g/mol. The number of nitrogens with one attached hydrogen (secondary N) is 1. The molecule has 17 heavy (non-hydrogen) atoms. The second-order valence-corrected chi connectivity index (χ2v) is 3.80. The molecule has 1 aromatic carbocycles. The topological polar surface area (TPSA) is 21.3 Å². The van der Waals surface area contributed by atoms with Gasteiger partial charge in [-0.3, -0.25) is 0 Å². The highest BCUT2D eigenvalue weighted by atomic mass is 19.4. The molecule has 0 aliphatic carbocycles. The van der Waals surface area contributed by atoms with E-state index >= 15 is 0 Å². The summed E-state index contributed by atoms with van der Waals surface area (Å²) < 4.78 is 55.9. The van der Waals surface area contributed by atoms with Gasteiger partial charge in [0.15, 0.2) is 0 Å². The lowest BCUT2D eigenvalue weighted by Gasteiger charge is -2.24. The molecule has 1 atom stereocenters. The summed E-state index contributed by atoms with van der Waals surface area (Å²) in [4.78, 5) is 0. The summed E-state index contributed by atoms with van der Waals surface area (Å²) in [5.41, 5.74) is -0.907. The molecule has 2 rings (SSSR count). The SMILES string of the molecule is Fc1ccc(C2CNCCO2)cc1C(F)(F)F. The van der Waals surface area contributed by atoms with Gasteiger partial charge in [-0.25, -0.2) is 4.39 Å². The fourth-order valence-corrected chi connectivity index (χ4v) is 1.74. The predicted octanol–water partition coefficient (Wildman–Crippen LogP) is 2.51. The van der Waals surface area contributed by atoms with Crippen molar-refractivity contribution in [3.8, 4) is 0 Å². The average Bonchev–Trinajstić information content (AvgIpc) is 2.29. The Kier molecular flexibility index (Phi) is 3.35. The standard InChI is InChI=1S/C11H11F4NO/c12-9-2-1-7(5-8(9)11(13,14)15)10-6-16-3-4-17-10/h1-2,5,10,16H,3-4,6H2. The Hall–Kier alpha value is -1.14. The quantitative estimate of drug-likeness (QED) is 0.772. The molecule has 0 aromatic heterocycles. The zero-order valence-electron chi connectivity index (χ0n) is 8.85. The van der Waals surface area contributed by atoms with Crippen LogP contribution >= 0.6 is 0 Å². The van der Waals surface area contributed by atoms with Gasteiger partial charge < -0.3 is 10.1 Å². The highest BCUT2D eigenvalue weighted by Gasteiger charge is 2.34. The third kappa shape index (κ3) is 2.76. The van der Waals surface area contributed by atoms with Crippen LogP contribution in [0.15, 0.2) is 18.2 Å². The molecule has 0 saturated carbocycles. The van der Waals surface area contributed by atoms with E-state index in [2.05, 4.69) is 5.32 Å². The lowest BCUT2D eigenvalue weighted by molar-refractivity contribution is -0.140. The van der Waals surface area contributed by atoms with E-state index in [0.717, 1.165) is 12.1 Å². The van der Waals surface area contributed by atoms with Gasteiger partial charge in [-0.15, -0.1) is 0 Å². The third-order valence-electron chi connectivity index (χ3n) is 2.60. The summed E-state index contributed by atoms with van der Waals surface area (Å²) in [6, 6.07) is 2.96. The predicted molar refractivity (Wildman–Crippen MR) is 53.0 cm³/mol. The molecule has 1 aromatic rings. The van der Waals surface area contributed by atoms with Crippen molar-refractivity contribution in [2.75, 3.05) is 19.7 Å². The minimum Gasteiger partial charge on any atom is -0.371 e. The summed E-state index contributed by atoms with van der Waals surface area (Å²) in [7, 11) is 0. The first-order valence-electron chi connectivity index (χ1n) is 5.17. The highest BCUT2D eigenvalue weighted by Crippen LogP contribution is 2.33. The van der Waals surface area contributed by atoms with Gasteiger partial charge in [0.2, 0.25) is 0 Å². The van der Waals surface area contributed by atoms with E-state index in [1.54, 1.807) is 0 Å². The summed E-state index contributed by atoms with van der Waals surface area (Å²) in [5, 5.41) is 3.01. The molecule has 0 amide bonds. The Morgan fingerprint density at radius 1 is 1.29 bits per heavy atom. The van der Waals surface area contributed by atoms with Crippen LogP contribution in [0.25, 0.3) is 0 Å². The molecular formula is C11H11F4NO. The Balaban J connectivity index is 2.30. The maximum absolute atomic E-state index is 13.1. The second kappa shape index (κ2) is 4.62. The Morgan fingerprint density at radius 2 is 2.06 bits per heavy atom. The van der Waals surface area contributed by atoms with Crippen molar-refractivity contribution in [3.05, 3.63) is 35.1 Å². The highest BCUT2D eigenvalue weighted by molar-refractivity contribution is 5.29. The van der Waals surface area contributed by atoms with Gasteiger partial charge >= 0.3 is 6.18 Å². The van der Waals surface area contributed by atoms with E-state index < -0.39 is 23.7 Å². The van der Waals surface area contributed by atoms with Gasteiger partial charge in [0, 0.05) is 13.1 Å². The van der Waals surface area contributed by atoms with Gasteiger partial charge in [0.25, 0.3) is 0 Å². The normalized spacial score (nSPS) is 21.5. The number of alkyl halides is 3. The monoisotopic (exact) mass is 249 g/mol. The summed E-state index contributed by atoms with van der Waals surface area (Å²) in [6.45, 7) is 1.54. The number of benzene rings is 1. The van der Waals surface area contributed by atoms with E-state index in [-0.39, 0.29) is 0 Å². The number of ether oxygens (including phenoxy) is 1. The lowest BCUT2D eigenvalue weighted by atomic mass is 10.0. The number of hydrogen-bond donors (Lipinski definition) is 1. The molecule has 1 fully saturated rings. The van der Waals surface area contributed by atoms with Gasteiger partial charge in [0.05, 0.1) is 18.3 Å². The van der Waals surface area contributed by atoms with Gasteiger partial charge in [-0.2, -0.15) is 13.2 Å². The first-order valence-corrected chi connectivity index (χ1v) is 5.17. The molecule has 2 nitrogen and oxygen atoms in total. The summed E-state index contributed by atoms with van der Waals surface area (Å²) in [6.07, 6.45) is -5.13. The molecule has 1 heterocycles. The first kappa shape index (κ1) is 12.3. The van der Waals surface area contributed by atoms with Crippen molar-refractivity contribution < 1.29 is 22.3 Å². The van der Waals surface area contributed by atoms with Crippen LogP contribution in [0.3, 0.4) is 0 Å². The van der Waals surface area contributed by atoms with Crippen molar-refractivity contribution in [1.82, 2.24) is 5.32 Å². The number of hydrogen-bond acceptors (Lipinski definition) is 2. The van der Waals surface area contributed by atoms with E-state index in [1.807, 2.05) is 0 Å². The van der Waals surface area contributed by atoms with Crippen LogP contribution in [0, 0.1) is 5.82 Å². The van der Waals surface area contributed by atoms with Crippen molar-refractivity contribution in [2.45, 2.75) is 12.3 Å². The molecule has 0 radical (unpaired) electrons. The largest absolute Gasteiger partial charge is 0.419 e.